The summed E-state index contributed by atoms with van der Waals surface area (Å²) in [7, 11) is 0. The summed E-state index contributed by atoms with van der Waals surface area (Å²) in [5.74, 6) is 2.44. The minimum atomic E-state index is -0.569. The smallest absolute Gasteiger partial charge is 0.0909 e. The Morgan fingerprint density at radius 1 is 1.62 bits per heavy atom. The normalized spacial score (nSPS) is 12.2. The highest BCUT2D eigenvalue weighted by Gasteiger charge is 2.09. The van der Waals surface area contributed by atoms with Crippen LogP contribution < -0.4 is 0 Å². The minimum Gasteiger partial charge on any atom is -0.387 e. The van der Waals surface area contributed by atoms with E-state index in [0.717, 1.165) is 15.6 Å². The summed E-state index contributed by atoms with van der Waals surface area (Å²) in [5.41, 5.74) is 2.01. The van der Waals surface area contributed by atoms with E-state index < -0.39 is 6.10 Å². The Kier molecular flexibility index (Phi) is 3.53. The lowest BCUT2D eigenvalue weighted by Crippen LogP contribution is -1.97. The molecule has 2 heteroatoms. The van der Waals surface area contributed by atoms with E-state index in [2.05, 4.69) is 21.9 Å². The predicted molar refractivity (Wildman–Crippen MR) is 57.3 cm³/mol. The van der Waals surface area contributed by atoms with E-state index in [1.165, 1.54) is 0 Å². The van der Waals surface area contributed by atoms with Crippen LogP contribution in [-0.4, -0.2) is 5.11 Å². The number of aryl methyl sites for hydroxylation is 1. The second kappa shape index (κ2) is 4.45. The molecule has 0 amide bonds. The first-order valence-corrected chi connectivity index (χ1v) is 4.82. The number of hydrogen-bond donors (Lipinski definition) is 1. The summed E-state index contributed by atoms with van der Waals surface area (Å²) < 4.78 is 0.912. The highest BCUT2D eigenvalue weighted by molar-refractivity contribution is 9.10. The van der Waals surface area contributed by atoms with Crippen LogP contribution in [0.15, 0.2) is 22.7 Å². The van der Waals surface area contributed by atoms with Crippen LogP contribution in [-0.2, 0) is 0 Å². The van der Waals surface area contributed by atoms with Crippen LogP contribution in [0.5, 0.6) is 0 Å². The van der Waals surface area contributed by atoms with Crippen molar-refractivity contribution in [3.05, 3.63) is 33.8 Å². The van der Waals surface area contributed by atoms with Gasteiger partial charge in [-0.05, 0) is 24.1 Å². The van der Waals surface area contributed by atoms with Crippen LogP contribution in [0.25, 0.3) is 0 Å². The number of rotatable bonds is 2. The molecule has 0 unspecified atom stereocenters. The van der Waals surface area contributed by atoms with Crippen molar-refractivity contribution in [1.29, 1.82) is 0 Å². The van der Waals surface area contributed by atoms with Gasteiger partial charge in [-0.2, -0.15) is 0 Å². The lowest BCUT2D eigenvalue weighted by atomic mass is 10.1. The molecule has 68 valence electrons. The molecule has 0 bridgehead atoms. The van der Waals surface area contributed by atoms with E-state index >= 15 is 0 Å². The highest BCUT2D eigenvalue weighted by Crippen LogP contribution is 2.26. The van der Waals surface area contributed by atoms with Crippen LogP contribution in [0.1, 0.15) is 23.7 Å². The molecule has 0 radical (unpaired) electrons. The topological polar surface area (TPSA) is 20.2 Å². The Bertz CT molecular complexity index is 338. The van der Waals surface area contributed by atoms with Crippen molar-refractivity contribution in [3.63, 3.8) is 0 Å². The first kappa shape index (κ1) is 10.3. The molecule has 0 aliphatic heterocycles. The maximum atomic E-state index is 9.62. The van der Waals surface area contributed by atoms with E-state index in [1.54, 1.807) is 0 Å². The molecule has 0 aliphatic carbocycles. The molecule has 0 aliphatic rings. The summed E-state index contributed by atoms with van der Waals surface area (Å²) in [4.78, 5) is 0. The van der Waals surface area contributed by atoms with Gasteiger partial charge in [0.25, 0.3) is 0 Å². The lowest BCUT2D eigenvalue weighted by Gasteiger charge is -2.10. The van der Waals surface area contributed by atoms with Gasteiger partial charge in [-0.1, -0.05) is 28.1 Å². The Hall–Kier alpha value is -0.780. The fraction of sp³-hybridized carbons (Fsp3) is 0.273. The molecule has 0 aromatic heterocycles. The van der Waals surface area contributed by atoms with Gasteiger partial charge < -0.3 is 5.11 Å². The van der Waals surface area contributed by atoms with Gasteiger partial charge in [0.05, 0.1) is 6.10 Å². The molecular weight excluding hydrogens is 228 g/mol. The highest BCUT2D eigenvalue weighted by atomic mass is 79.9. The van der Waals surface area contributed by atoms with Crippen molar-refractivity contribution in [2.24, 2.45) is 0 Å². The fourth-order valence-electron chi connectivity index (χ4n) is 1.12. The van der Waals surface area contributed by atoms with Crippen molar-refractivity contribution in [3.8, 4) is 12.3 Å². The first-order valence-electron chi connectivity index (χ1n) is 4.02. The molecule has 0 saturated heterocycles. The zero-order valence-electron chi connectivity index (χ0n) is 7.42. The second-order valence-corrected chi connectivity index (χ2v) is 3.80. The van der Waals surface area contributed by atoms with Gasteiger partial charge in [0, 0.05) is 10.9 Å². The maximum Gasteiger partial charge on any atom is 0.0909 e. The molecule has 0 saturated carbocycles. The SMILES string of the molecule is C#CC[C@H](O)c1ccc(C)cc1Br. The van der Waals surface area contributed by atoms with Crippen molar-refractivity contribution >= 4 is 15.9 Å². The Balaban J connectivity index is 2.96. The minimum absolute atomic E-state index is 0.349. The molecule has 1 nitrogen and oxygen atoms in total. The van der Waals surface area contributed by atoms with E-state index in [9.17, 15) is 5.11 Å². The van der Waals surface area contributed by atoms with Crippen LogP contribution in [0, 0.1) is 19.3 Å². The Morgan fingerprint density at radius 3 is 2.85 bits per heavy atom. The molecule has 13 heavy (non-hydrogen) atoms. The molecule has 0 spiro atoms. The second-order valence-electron chi connectivity index (χ2n) is 2.95. The monoisotopic (exact) mass is 238 g/mol. The molecule has 1 aromatic carbocycles. The van der Waals surface area contributed by atoms with Gasteiger partial charge in [-0.25, -0.2) is 0 Å². The summed E-state index contributed by atoms with van der Waals surface area (Å²) >= 11 is 3.39. The van der Waals surface area contributed by atoms with Crippen molar-refractivity contribution in [1.82, 2.24) is 0 Å². The fourth-order valence-corrected chi connectivity index (χ4v) is 1.88. The Labute approximate surface area is 86.9 Å². The quantitative estimate of drug-likeness (QED) is 0.787. The molecule has 0 fully saturated rings. The average Bonchev–Trinajstić information content (AvgIpc) is 2.04. The number of aliphatic hydroxyl groups excluding tert-OH is 1. The molecular formula is C11H11BrO. The van der Waals surface area contributed by atoms with E-state index in [4.69, 9.17) is 6.42 Å². The third kappa shape index (κ3) is 2.58. The molecule has 1 rings (SSSR count). The van der Waals surface area contributed by atoms with Gasteiger partial charge in [0.15, 0.2) is 0 Å². The average molecular weight is 239 g/mol. The summed E-state index contributed by atoms with van der Waals surface area (Å²) in [6.07, 6.45) is 4.90. The number of aliphatic hydroxyl groups is 1. The Morgan fingerprint density at radius 2 is 2.31 bits per heavy atom. The van der Waals surface area contributed by atoms with E-state index in [0.29, 0.717) is 6.42 Å². The third-order valence-electron chi connectivity index (χ3n) is 1.83. The van der Waals surface area contributed by atoms with E-state index in [-0.39, 0.29) is 0 Å². The molecule has 0 heterocycles. The summed E-state index contributed by atoms with van der Waals surface area (Å²) in [6.45, 7) is 2.00. The number of halogens is 1. The van der Waals surface area contributed by atoms with Crippen LogP contribution >= 0.6 is 15.9 Å². The van der Waals surface area contributed by atoms with Gasteiger partial charge in [-0.3, -0.25) is 0 Å². The van der Waals surface area contributed by atoms with Crippen LogP contribution in [0.2, 0.25) is 0 Å². The van der Waals surface area contributed by atoms with Gasteiger partial charge in [0.1, 0.15) is 0 Å². The zero-order valence-corrected chi connectivity index (χ0v) is 9.01. The van der Waals surface area contributed by atoms with Crippen molar-refractivity contribution in [2.75, 3.05) is 0 Å². The van der Waals surface area contributed by atoms with Crippen LogP contribution in [0.4, 0.5) is 0 Å². The largest absolute Gasteiger partial charge is 0.387 e. The molecule has 1 aromatic rings. The summed E-state index contributed by atoms with van der Waals surface area (Å²) in [5, 5.41) is 9.62. The number of hydrogen-bond acceptors (Lipinski definition) is 1. The predicted octanol–water partition coefficient (Wildman–Crippen LogP) is 2.81. The molecule has 1 atom stereocenters. The summed E-state index contributed by atoms with van der Waals surface area (Å²) in [6, 6.07) is 5.82. The molecule has 1 N–H and O–H groups in total. The van der Waals surface area contributed by atoms with Crippen molar-refractivity contribution < 1.29 is 5.11 Å². The number of benzene rings is 1. The van der Waals surface area contributed by atoms with Gasteiger partial charge >= 0.3 is 0 Å². The lowest BCUT2D eigenvalue weighted by molar-refractivity contribution is 0.183. The third-order valence-corrected chi connectivity index (χ3v) is 2.51. The van der Waals surface area contributed by atoms with E-state index in [1.807, 2.05) is 25.1 Å². The first-order chi connectivity index (χ1) is 6.15. The van der Waals surface area contributed by atoms with Crippen LogP contribution in [0.3, 0.4) is 0 Å². The maximum absolute atomic E-state index is 9.62. The number of terminal acetylenes is 1. The standard InChI is InChI=1S/C11H11BrO/c1-3-4-11(13)9-6-5-8(2)7-10(9)12/h1,5-7,11,13H,4H2,2H3/t11-/m0/s1. The zero-order chi connectivity index (χ0) is 9.84. The van der Waals surface area contributed by atoms with Gasteiger partial charge in [-0.15, -0.1) is 12.3 Å². The van der Waals surface area contributed by atoms with Gasteiger partial charge in [0.2, 0.25) is 0 Å². The van der Waals surface area contributed by atoms with Crippen molar-refractivity contribution in [2.45, 2.75) is 19.4 Å².